The molecule has 27 heteroatoms. The van der Waals surface area contributed by atoms with Gasteiger partial charge in [0.05, 0.1) is 41.1 Å². The maximum Gasteiger partial charge on any atom is 0.404 e. The van der Waals surface area contributed by atoms with Crippen molar-refractivity contribution >= 4 is 62.3 Å². The first-order chi connectivity index (χ1) is 38.1. The summed E-state index contributed by atoms with van der Waals surface area (Å²) in [5.74, 6) is 2.50. The van der Waals surface area contributed by atoms with Crippen molar-refractivity contribution < 1.29 is 71.1 Å². The van der Waals surface area contributed by atoms with Crippen molar-refractivity contribution in [1.29, 1.82) is 0 Å². The summed E-state index contributed by atoms with van der Waals surface area (Å²) in [6.07, 6.45) is 3.92. The molecule has 26 nitrogen and oxygen atoms in total. The van der Waals surface area contributed by atoms with E-state index < -0.39 is 100 Å². The van der Waals surface area contributed by atoms with Gasteiger partial charge in [-0.1, -0.05) is 32.6 Å². The van der Waals surface area contributed by atoms with Crippen molar-refractivity contribution in [2.75, 3.05) is 52.6 Å². The molecule has 3 atom stereocenters. The minimum absolute atomic E-state index is 0.0125. The van der Waals surface area contributed by atoms with Crippen LogP contribution in [0.5, 0.6) is 11.5 Å². The number of aliphatic hydroxyl groups is 1. The van der Waals surface area contributed by atoms with Gasteiger partial charge < -0.3 is 65.2 Å². The van der Waals surface area contributed by atoms with E-state index in [0.29, 0.717) is 77.0 Å². The first kappa shape index (κ1) is 59.4. The number of sulfone groups is 1. The average Bonchev–Trinajstić information content (AvgIpc) is 4.07. The summed E-state index contributed by atoms with van der Waals surface area (Å²) in [5, 5.41) is 33.3. The third kappa shape index (κ3) is 14.1. The molecule has 0 fully saturated rings. The van der Waals surface area contributed by atoms with E-state index >= 15 is 0 Å². The fourth-order valence-corrected chi connectivity index (χ4v) is 9.80. The van der Waals surface area contributed by atoms with E-state index in [0.717, 1.165) is 11.8 Å². The highest BCUT2D eigenvalue weighted by molar-refractivity contribution is 7.90. The number of aromatic nitrogens is 4. The predicted octanol–water partition coefficient (Wildman–Crippen LogP) is 0.885. The molecule has 0 spiro atoms. The number of esters is 1. The predicted molar refractivity (Wildman–Crippen MR) is 283 cm³/mol. The summed E-state index contributed by atoms with van der Waals surface area (Å²) < 4.78 is 46.8. The van der Waals surface area contributed by atoms with Gasteiger partial charge in [-0.3, -0.25) is 28.8 Å². The van der Waals surface area contributed by atoms with Crippen LogP contribution in [0.3, 0.4) is 0 Å². The zero-order valence-electron chi connectivity index (χ0n) is 44.9. The van der Waals surface area contributed by atoms with Crippen molar-refractivity contribution in [3.63, 3.8) is 0 Å². The molecule has 4 aromatic rings. The van der Waals surface area contributed by atoms with Gasteiger partial charge in [0, 0.05) is 73.7 Å². The third-order valence-corrected chi connectivity index (χ3v) is 14.6. The number of rotatable bonds is 25. The molecule has 7 rings (SSSR count). The Balaban J connectivity index is 0.912. The lowest BCUT2D eigenvalue weighted by Gasteiger charge is -2.31. The number of likely N-dealkylation sites (N-methyl/N-ethyl adjacent to an activating group) is 1. The van der Waals surface area contributed by atoms with Crippen molar-refractivity contribution in [2.45, 2.75) is 115 Å². The van der Waals surface area contributed by atoms with Crippen LogP contribution in [0.4, 0.5) is 4.79 Å². The van der Waals surface area contributed by atoms with Crippen LogP contribution in [0, 0.1) is 17.8 Å². The van der Waals surface area contributed by atoms with Gasteiger partial charge in [0.25, 0.3) is 5.56 Å². The summed E-state index contributed by atoms with van der Waals surface area (Å²) in [7, 11) is -3.56. The van der Waals surface area contributed by atoms with Gasteiger partial charge in [-0.15, -0.1) is 0 Å². The number of carbonyl (C=O) groups excluding carboxylic acids is 6. The minimum atomic E-state index is -3.56. The van der Waals surface area contributed by atoms with Crippen molar-refractivity contribution in [1.82, 2.24) is 51.0 Å². The number of pyridine rings is 2. The molecule has 3 aliphatic heterocycles. The molecule has 6 amide bonds. The van der Waals surface area contributed by atoms with E-state index in [-0.39, 0.29) is 75.1 Å². The first-order valence-electron chi connectivity index (χ1n) is 26.0. The van der Waals surface area contributed by atoms with Crippen molar-refractivity contribution in [3.05, 3.63) is 68.8 Å². The number of unbranched alkanes of at least 4 members (excludes halogenated alkanes) is 2. The van der Waals surface area contributed by atoms with Crippen molar-refractivity contribution in [2.24, 2.45) is 5.92 Å². The molecule has 3 aromatic heterocycles. The maximum atomic E-state index is 14.0. The van der Waals surface area contributed by atoms with Crippen LogP contribution in [0.25, 0.3) is 22.3 Å². The Bertz CT molecular complexity index is 3300. The maximum absolute atomic E-state index is 14.0. The Morgan fingerprint density at radius 3 is 2.35 bits per heavy atom. The lowest BCUT2D eigenvalue weighted by Crippen LogP contribution is -2.56. The monoisotopic (exact) mass is 1130 g/mol. The molecule has 0 aliphatic carbocycles. The van der Waals surface area contributed by atoms with E-state index in [2.05, 4.69) is 48.4 Å². The van der Waals surface area contributed by atoms with Gasteiger partial charge in [0.2, 0.25) is 51.3 Å². The molecule has 7 N–H and O–H groups in total. The Morgan fingerprint density at radius 2 is 1.66 bits per heavy atom. The number of carbonyl (C=O) groups is 7. The number of amides is 6. The molecular weight excluding hydrogens is 1060 g/mol. The molecule has 6 heterocycles. The van der Waals surface area contributed by atoms with Crippen molar-refractivity contribution in [3.8, 4) is 34.7 Å². The quantitative estimate of drug-likeness (QED) is 0.0140. The van der Waals surface area contributed by atoms with E-state index in [1.54, 1.807) is 44.7 Å². The number of ether oxygens (including phenoxy) is 4. The molecular formula is C53H64N10O16S. The first-order valence-corrected chi connectivity index (χ1v) is 27.9. The highest BCUT2D eigenvalue weighted by Crippen LogP contribution is 2.43. The van der Waals surface area contributed by atoms with Crippen LogP contribution in [-0.2, 0) is 73.3 Å². The number of hydrogen-bond acceptors (Lipinski definition) is 18. The molecule has 80 heavy (non-hydrogen) atoms. The summed E-state index contributed by atoms with van der Waals surface area (Å²) in [5.41, 5.74) is 1.24. The summed E-state index contributed by atoms with van der Waals surface area (Å²) in [4.78, 5) is 118. The highest BCUT2D eigenvalue weighted by Gasteiger charge is 2.45. The number of nitrogens with zero attached hydrogens (tertiary/aromatic N) is 5. The van der Waals surface area contributed by atoms with E-state index in [4.69, 9.17) is 29.0 Å². The topological polar surface area (TPSA) is 355 Å². The second kappa shape index (κ2) is 26.2. The number of fused-ring (bicyclic) bond motifs is 6. The number of benzene rings is 1. The molecule has 0 radical (unpaired) electrons. The molecule has 2 unspecified atom stereocenters. The smallest absolute Gasteiger partial charge is 0.404 e. The molecule has 0 bridgehead atoms. The fourth-order valence-electron chi connectivity index (χ4n) is 9.31. The highest BCUT2D eigenvalue weighted by atomic mass is 32.2. The normalized spacial score (nSPS) is 15.5. The standard InChI is InChI=1S/C53H64N10O16S/c1-6-53(73)36-20-39-46-34(25-63(39)49(69)35(36)26-77-50(53)70)32(33-19-40-41(79-29-78-40)21-38(33)59-46)16-18-62(7-2)44(66)27-76-28-58-43(65)24-55-47(67)37(14-11-12-17-54-52(71)72)60-48(68)45(30(3)4)61-42(64)15-10-8-9-13-31-22-56-51(57-23-31)80(5,74)75/h19-23,30,37,45,54,73H,6-8,10-12,14-18,24-29H2,1-5H3,(H,55,67)(H,58,65)(H,60,68)(H,61,64)(H,71,72)/t37?,45?,53-/m0/s1. The molecule has 3 aliphatic rings. The number of nitrogens with one attached hydrogen (secondary N) is 5. The summed E-state index contributed by atoms with van der Waals surface area (Å²) in [6.45, 7) is 5.91. The Kier molecular flexibility index (Phi) is 19.4. The van der Waals surface area contributed by atoms with E-state index in [1.165, 1.54) is 17.0 Å². The van der Waals surface area contributed by atoms with Gasteiger partial charge in [-0.2, -0.15) is 0 Å². The third-order valence-electron chi connectivity index (χ3n) is 13.7. The molecule has 1 aromatic carbocycles. The van der Waals surface area contributed by atoms with Gasteiger partial charge in [-0.25, -0.2) is 33.0 Å². The van der Waals surface area contributed by atoms with E-state index in [9.17, 15) is 51.9 Å². The largest absolute Gasteiger partial charge is 0.465 e. The fraction of sp³-hybridized carbons (Fsp3) is 0.491. The van der Waals surface area contributed by atoms with Gasteiger partial charge >= 0.3 is 12.1 Å². The molecule has 0 saturated carbocycles. The summed E-state index contributed by atoms with van der Waals surface area (Å²) in [6, 6.07) is 2.95. The van der Waals surface area contributed by atoms with Crippen LogP contribution in [0.2, 0.25) is 0 Å². The lowest BCUT2D eigenvalue weighted by molar-refractivity contribution is -0.172. The molecule has 0 saturated heterocycles. The Morgan fingerprint density at radius 1 is 0.925 bits per heavy atom. The Labute approximate surface area is 460 Å². The van der Waals surface area contributed by atoms with E-state index in [1.807, 2.05) is 6.07 Å². The number of cyclic esters (lactones) is 1. The van der Waals surface area contributed by atoms with Crippen LogP contribution >= 0.6 is 0 Å². The Hall–Kier alpha value is -8.22. The van der Waals surface area contributed by atoms with Crippen LogP contribution in [-0.4, -0.2) is 149 Å². The molecule has 428 valence electrons. The SMILES string of the molecule is CCN(CCc1c2c(nc3cc4c(cc13)OCO4)-c1cc3c(c(=O)n1C2)COC(=O)[C@]3(O)CC)C(=O)COCNC(=O)CNC(=O)C(CCCCNC(=O)O)NC(=O)C(NC(=O)CCCC#Cc1cnc(S(C)(=O)=O)nc1)C(C)C. The van der Waals surface area contributed by atoms with Crippen LogP contribution in [0.15, 0.2) is 40.5 Å². The zero-order valence-corrected chi connectivity index (χ0v) is 45.7. The van der Waals surface area contributed by atoms with Gasteiger partial charge in [0.1, 0.15) is 32.0 Å². The second-order valence-corrected chi connectivity index (χ2v) is 21.4. The minimum Gasteiger partial charge on any atom is -0.465 e. The van der Waals surface area contributed by atoms with Gasteiger partial charge in [0.15, 0.2) is 17.1 Å². The lowest BCUT2D eigenvalue weighted by atomic mass is 9.86. The average molecular weight is 1130 g/mol. The van der Waals surface area contributed by atoms with Gasteiger partial charge in [-0.05, 0) is 69.1 Å². The van der Waals surface area contributed by atoms with Crippen LogP contribution < -0.4 is 41.6 Å². The number of carboxylic acid groups (broad SMARTS) is 1. The summed E-state index contributed by atoms with van der Waals surface area (Å²) >= 11 is 0. The van der Waals surface area contributed by atoms with Crippen LogP contribution in [0.1, 0.15) is 100 Å². The second-order valence-electron chi connectivity index (χ2n) is 19.5. The number of hydrogen-bond donors (Lipinski definition) is 7. The zero-order chi connectivity index (χ0) is 57.9.